The molecule has 0 unspecified atom stereocenters. The number of halogens is 1. The molecule has 8 heteroatoms. The van der Waals surface area contributed by atoms with E-state index in [1.165, 1.54) is 12.5 Å². The van der Waals surface area contributed by atoms with Crippen molar-refractivity contribution >= 4 is 28.5 Å². The lowest BCUT2D eigenvalue weighted by Gasteiger charge is -2.28. The van der Waals surface area contributed by atoms with Crippen molar-refractivity contribution in [1.82, 2.24) is 19.4 Å². The van der Waals surface area contributed by atoms with Gasteiger partial charge in [-0.15, -0.1) is 0 Å². The summed E-state index contributed by atoms with van der Waals surface area (Å²) in [5.41, 5.74) is 2.87. The number of fused-ring (bicyclic) bond motifs is 1. The summed E-state index contributed by atoms with van der Waals surface area (Å²) >= 11 is 6.02. The summed E-state index contributed by atoms with van der Waals surface area (Å²) in [6, 6.07) is 7.38. The molecule has 1 aliphatic carbocycles. The molecule has 1 N–H and O–H groups in total. The summed E-state index contributed by atoms with van der Waals surface area (Å²) in [6.07, 6.45) is 6.24. The lowest BCUT2D eigenvalue weighted by molar-refractivity contribution is -0.122. The van der Waals surface area contributed by atoms with E-state index in [2.05, 4.69) is 15.5 Å². The van der Waals surface area contributed by atoms with Crippen molar-refractivity contribution in [3.63, 3.8) is 0 Å². The van der Waals surface area contributed by atoms with E-state index in [0.29, 0.717) is 16.1 Å². The quantitative estimate of drug-likeness (QED) is 0.711. The molecule has 1 aromatic carbocycles. The fourth-order valence-corrected chi connectivity index (χ4v) is 4.22. The van der Waals surface area contributed by atoms with E-state index in [-0.39, 0.29) is 17.0 Å². The number of rotatable bonds is 3. The third kappa shape index (κ3) is 3.33. The van der Waals surface area contributed by atoms with Crippen molar-refractivity contribution in [3.8, 4) is 0 Å². The number of hydrogen-bond acceptors (Lipinski definition) is 4. The maximum absolute atomic E-state index is 13.3. The van der Waals surface area contributed by atoms with Gasteiger partial charge in [0.15, 0.2) is 5.65 Å². The van der Waals surface area contributed by atoms with Gasteiger partial charge in [-0.3, -0.25) is 15.0 Å². The third-order valence-corrected chi connectivity index (χ3v) is 5.89. The van der Waals surface area contributed by atoms with Crippen LogP contribution in [-0.2, 0) is 15.7 Å². The molecule has 29 heavy (non-hydrogen) atoms. The summed E-state index contributed by atoms with van der Waals surface area (Å²) in [6.45, 7) is 5.97. The van der Waals surface area contributed by atoms with Crippen LogP contribution >= 0.6 is 11.6 Å². The summed E-state index contributed by atoms with van der Waals surface area (Å²) in [5.74, 6) is -0.205. The number of carbonyl (C=O) groups excluding carboxylic acids is 1. The van der Waals surface area contributed by atoms with E-state index >= 15 is 0 Å². The summed E-state index contributed by atoms with van der Waals surface area (Å²) in [5, 5.41) is 5.31. The van der Waals surface area contributed by atoms with Crippen LogP contribution in [0.1, 0.15) is 52.0 Å². The van der Waals surface area contributed by atoms with Gasteiger partial charge in [0.1, 0.15) is 11.7 Å². The zero-order chi connectivity index (χ0) is 20.8. The fourth-order valence-electron chi connectivity index (χ4n) is 4.09. The highest BCUT2D eigenvalue weighted by Crippen LogP contribution is 2.41. The number of aromatic nitrogens is 4. The summed E-state index contributed by atoms with van der Waals surface area (Å²) in [4.78, 5) is 30.7. The van der Waals surface area contributed by atoms with Gasteiger partial charge in [-0.2, -0.15) is 5.10 Å². The minimum atomic E-state index is -0.672. The Morgan fingerprint density at radius 2 is 1.83 bits per heavy atom. The van der Waals surface area contributed by atoms with E-state index in [9.17, 15) is 9.59 Å². The third-order valence-electron chi connectivity index (χ3n) is 5.63. The minimum Gasteiger partial charge on any atom is -0.272 e. The topological polar surface area (TPSA) is 81.8 Å². The molecule has 0 saturated heterocycles. The first-order valence-corrected chi connectivity index (χ1v) is 10.1. The first kappa shape index (κ1) is 19.6. The Kier molecular flexibility index (Phi) is 4.73. The normalized spacial score (nSPS) is 16.3. The number of nitrogens with one attached hydrogen (secondary N) is 1. The van der Waals surface area contributed by atoms with Gasteiger partial charge in [-0.25, -0.2) is 14.3 Å². The second-order valence-corrected chi connectivity index (χ2v) is 9.06. The number of benzene rings is 1. The lowest BCUT2D eigenvalue weighted by atomic mass is 9.78. The Bertz CT molecular complexity index is 1120. The van der Waals surface area contributed by atoms with Crippen LogP contribution in [0.5, 0.6) is 0 Å². The van der Waals surface area contributed by atoms with Gasteiger partial charge in [0.05, 0.1) is 17.2 Å². The van der Waals surface area contributed by atoms with Crippen LogP contribution in [0.3, 0.4) is 0 Å². The van der Waals surface area contributed by atoms with Gasteiger partial charge in [0.2, 0.25) is 5.91 Å². The average Bonchev–Trinajstić information content (AvgIpc) is 3.32. The van der Waals surface area contributed by atoms with Crippen LogP contribution in [0.25, 0.3) is 11.0 Å². The molecule has 0 atom stereocenters. The largest absolute Gasteiger partial charge is 0.283 e. The van der Waals surface area contributed by atoms with Crippen molar-refractivity contribution in [1.29, 1.82) is 0 Å². The lowest BCUT2D eigenvalue weighted by Crippen LogP contribution is -2.44. The Labute approximate surface area is 173 Å². The fraction of sp³-hybridized carbons (Fsp3) is 0.429. The van der Waals surface area contributed by atoms with Gasteiger partial charge < -0.3 is 0 Å². The predicted molar refractivity (Wildman–Crippen MR) is 113 cm³/mol. The minimum absolute atomic E-state index is 0.205. The van der Waals surface area contributed by atoms with Crippen LogP contribution in [0.15, 0.2) is 41.6 Å². The molecule has 2 heterocycles. The average molecular weight is 414 g/mol. The van der Waals surface area contributed by atoms with Crippen molar-refractivity contribution in [2.24, 2.45) is 0 Å². The maximum atomic E-state index is 13.3. The molecule has 0 bridgehead atoms. The Morgan fingerprint density at radius 3 is 2.45 bits per heavy atom. The van der Waals surface area contributed by atoms with E-state index in [1.54, 1.807) is 16.8 Å². The second kappa shape index (κ2) is 6.99. The highest BCUT2D eigenvalue weighted by Gasteiger charge is 2.43. The molecule has 1 saturated carbocycles. The summed E-state index contributed by atoms with van der Waals surface area (Å²) < 4.78 is 2.87. The summed E-state index contributed by atoms with van der Waals surface area (Å²) in [7, 11) is 0. The molecule has 1 fully saturated rings. The monoisotopic (exact) mass is 413 g/mol. The van der Waals surface area contributed by atoms with Crippen LogP contribution in [0, 0.1) is 0 Å². The van der Waals surface area contributed by atoms with Gasteiger partial charge in [0, 0.05) is 5.02 Å². The molecular weight excluding hydrogens is 390 g/mol. The second-order valence-electron chi connectivity index (χ2n) is 8.62. The van der Waals surface area contributed by atoms with Crippen LogP contribution in [0.4, 0.5) is 0 Å². The SMILES string of the molecule is CC(C)(C)n1ncc2c(=O)n(NC(=O)C3(c4ccc(Cl)cc4)CCCC3)cnc21. The van der Waals surface area contributed by atoms with E-state index < -0.39 is 5.41 Å². The smallest absolute Gasteiger partial charge is 0.272 e. The van der Waals surface area contributed by atoms with Crippen LogP contribution < -0.4 is 11.0 Å². The number of carbonyl (C=O) groups is 1. The number of hydrogen-bond donors (Lipinski definition) is 1. The molecule has 3 aromatic rings. The molecule has 0 radical (unpaired) electrons. The molecule has 1 aliphatic rings. The Morgan fingerprint density at radius 1 is 1.17 bits per heavy atom. The van der Waals surface area contributed by atoms with E-state index in [4.69, 9.17) is 11.6 Å². The molecule has 152 valence electrons. The maximum Gasteiger partial charge on any atom is 0.283 e. The predicted octanol–water partition coefficient (Wildman–Crippen LogP) is 3.58. The Balaban J connectivity index is 1.70. The van der Waals surface area contributed by atoms with Crippen LogP contribution in [0.2, 0.25) is 5.02 Å². The van der Waals surface area contributed by atoms with E-state index in [0.717, 1.165) is 35.9 Å². The van der Waals surface area contributed by atoms with Gasteiger partial charge in [0.25, 0.3) is 5.56 Å². The zero-order valence-electron chi connectivity index (χ0n) is 16.8. The highest BCUT2D eigenvalue weighted by molar-refractivity contribution is 6.30. The van der Waals surface area contributed by atoms with Crippen molar-refractivity contribution in [2.45, 2.75) is 57.4 Å². The van der Waals surface area contributed by atoms with Crippen molar-refractivity contribution < 1.29 is 4.79 Å². The first-order valence-electron chi connectivity index (χ1n) is 9.76. The number of nitrogens with zero attached hydrogens (tertiary/aromatic N) is 4. The van der Waals surface area contributed by atoms with E-state index in [1.807, 2.05) is 32.9 Å². The van der Waals surface area contributed by atoms with Crippen LogP contribution in [-0.4, -0.2) is 25.3 Å². The number of amides is 1. The highest BCUT2D eigenvalue weighted by atomic mass is 35.5. The molecule has 4 rings (SSSR count). The van der Waals surface area contributed by atoms with Gasteiger partial charge in [-0.05, 0) is 51.3 Å². The molecule has 7 nitrogen and oxygen atoms in total. The standard InChI is InChI=1S/C21H24ClN5O2/c1-20(2,3)27-17-16(12-24-27)18(28)26(13-23-17)25-19(29)21(10-4-5-11-21)14-6-8-15(22)9-7-14/h6-9,12-13H,4-5,10-11H2,1-3H3,(H,25,29). The molecule has 1 amide bonds. The molecule has 0 spiro atoms. The molecule has 0 aliphatic heterocycles. The Hall–Kier alpha value is -2.67. The molecule has 2 aromatic heterocycles. The zero-order valence-corrected chi connectivity index (χ0v) is 17.5. The van der Waals surface area contributed by atoms with Gasteiger partial charge >= 0.3 is 0 Å². The van der Waals surface area contributed by atoms with Crippen molar-refractivity contribution in [3.05, 3.63) is 57.7 Å². The van der Waals surface area contributed by atoms with Gasteiger partial charge in [-0.1, -0.05) is 36.6 Å². The molecular formula is C21H24ClN5O2. The van der Waals surface area contributed by atoms with Crippen molar-refractivity contribution in [2.75, 3.05) is 5.43 Å². The first-order chi connectivity index (χ1) is 13.7.